The second-order valence-electron chi connectivity index (χ2n) is 4.53. The fourth-order valence-corrected chi connectivity index (χ4v) is 2.15. The lowest BCUT2D eigenvalue weighted by Gasteiger charge is -1.99. The molecule has 2 aromatic carbocycles. The summed E-state index contributed by atoms with van der Waals surface area (Å²) in [4.78, 5) is 7.67. The minimum atomic E-state index is 0.0182. The van der Waals surface area contributed by atoms with Gasteiger partial charge in [0.2, 0.25) is 0 Å². The topological polar surface area (TPSA) is 69.1 Å². The van der Waals surface area contributed by atoms with E-state index in [1.165, 1.54) is 11.6 Å². The van der Waals surface area contributed by atoms with Gasteiger partial charge in [-0.25, -0.2) is 4.98 Å². The van der Waals surface area contributed by atoms with E-state index in [1.807, 2.05) is 12.1 Å². The number of fused-ring (bicyclic) bond motifs is 1. The number of nitrogens with zero attached hydrogens (tertiary/aromatic N) is 1. The number of H-pyrrole nitrogens is 1. The molecule has 1 heterocycles. The Hall–Kier alpha value is -2.49. The Morgan fingerprint density at radius 2 is 1.79 bits per heavy atom. The Balaban J connectivity index is 2.14. The van der Waals surface area contributed by atoms with Crippen molar-refractivity contribution in [2.75, 3.05) is 0 Å². The lowest BCUT2D eigenvalue weighted by Crippen LogP contribution is -1.80. The fourth-order valence-electron chi connectivity index (χ4n) is 2.15. The lowest BCUT2D eigenvalue weighted by atomic mass is 10.1. The van der Waals surface area contributed by atoms with Crippen molar-refractivity contribution < 1.29 is 10.2 Å². The Kier molecular flexibility index (Phi) is 2.63. The van der Waals surface area contributed by atoms with Crippen LogP contribution in [0.1, 0.15) is 12.5 Å². The van der Waals surface area contributed by atoms with Crippen molar-refractivity contribution in [3.05, 3.63) is 42.0 Å². The van der Waals surface area contributed by atoms with Gasteiger partial charge < -0.3 is 15.2 Å². The van der Waals surface area contributed by atoms with Gasteiger partial charge in [0.1, 0.15) is 17.3 Å². The average Bonchev–Trinajstić information content (AvgIpc) is 2.80. The maximum Gasteiger partial charge on any atom is 0.138 e. The molecule has 3 rings (SSSR count). The molecule has 0 radical (unpaired) electrons. The highest BCUT2D eigenvalue weighted by Crippen LogP contribution is 2.28. The molecule has 19 heavy (non-hydrogen) atoms. The number of hydrogen-bond donors (Lipinski definition) is 3. The number of benzene rings is 2. The summed E-state index contributed by atoms with van der Waals surface area (Å²) in [5.41, 5.74) is 3.72. The predicted molar refractivity (Wildman–Crippen MR) is 74.2 cm³/mol. The van der Waals surface area contributed by atoms with Crippen molar-refractivity contribution in [1.82, 2.24) is 9.97 Å². The number of aromatic hydroxyl groups is 2. The third-order valence-electron chi connectivity index (χ3n) is 3.13. The molecule has 0 atom stereocenters. The second-order valence-corrected chi connectivity index (χ2v) is 4.53. The van der Waals surface area contributed by atoms with E-state index in [0.717, 1.165) is 17.5 Å². The first-order chi connectivity index (χ1) is 9.15. The number of hydrogen-bond acceptors (Lipinski definition) is 3. The quantitative estimate of drug-likeness (QED) is 0.657. The Morgan fingerprint density at radius 3 is 2.47 bits per heavy atom. The molecule has 0 aliphatic rings. The number of aromatic amines is 1. The maximum absolute atomic E-state index is 9.51. The first-order valence-corrected chi connectivity index (χ1v) is 6.18. The summed E-state index contributed by atoms with van der Waals surface area (Å²) in [6.07, 6.45) is 0.969. The monoisotopic (exact) mass is 254 g/mol. The van der Waals surface area contributed by atoms with Crippen LogP contribution in [0.2, 0.25) is 0 Å². The number of aromatic nitrogens is 2. The van der Waals surface area contributed by atoms with Gasteiger partial charge in [0.05, 0.1) is 11.0 Å². The smallest absolute Gasteiger partial charge is 0.138 e. The van der Waals surface area contributed by atoms with Crippen LogP contribution in [0.5, 0.6) is 11.5 Å². The van der Waals surface area contributed by atoms with Crippen molar-refractivity contribution in [2.45, 2.75) is 13.3 Å². The first-order valence-electron chi connectivity index (χ1n) is 6.18. The highest BCUT2D eigenvalue weighted by molar-refractivity contribution is 5.80. The molecule has 0 bridgehead atoms. The molecule has 3 aromatic rings. The van der Waals surface area contributed by atoms with E-state index < -0.39 is 0 Å². The van der Waals surface area contributed by atoms with Crippen LogP contribution in [0.25, 0.3) is 22.4 Å². The minimum absolute atomic E-state index is 0.0182. The van der Waals surface area contributed by atoms with Gasteiger partial charge >= 0.3 is 0 Å². The van der Waals surface area contributed by atoms with Crippen LogP contribution in [0, 0.1) is 0 Å². The van der Waals surface area contributed by atoms with E-state index in [4.69, 9.17) is 0 Å². The number of phenols is 2. The zero-order chi connectivity index (χ0) is 13.4. The second kappa shape index (κ2) is 4.31. The number of nitrogens with one attached hydrogen (secondary N) is 1. The zero-order valence-corrected chi connectivity index (χ0v) is 10.5. The van der Waals surface area contributed by atoms with Crippen LogP contribution in [0.15, 0.2) is 36.4 Å². The molecule has 0 aliphatic heterocycles. The van der Waals surface area contributed by atoms with Crippen LogP contribution in [-0.4, -0.2) is 20.2 Å². The Labute approximate surface area is 110 Å². The standard InChI is InChI=1S/C15H14N2O2/c1-2-9-3-4-13-14(5-9)17-15(16-13)10-6-11(18)8-12(19)7-10/h3-8,18-19H,2H2,1H3,(H,16,17). The van der Waals surface area contributed by atoms with Gasteiger partial charge in [0, 0.05) is 11.6 Å². The molecule has 0 aliphatic carbocycles. The van der Waals surface area contributed by atoms with E-state index in [0.29, 0.717) is 11.4 Å². The third-order valence-corrected chi connectivity index (χ3v) is 3.13. The maximum atomic E-state index is 9.51. The van der Waals surface area contributed by atoms with Crippen LogP contribution >= 0.6 is 0 Å². The van der Waals surface area contributed by atoms with E-state index in [2.05, 4.69) is 23.0 Å². The summed E-state index contributed by atoms with van der Waals surface area (Å²) in [6.45, 7) is 2.10. The van der Waals surface area contributed by atoms with E-state index in [1.54, 1.807) is 12.1 Å². The van der Waals surface area contributed by atoms with Gasteiger partial charge in [0.25, 0.3) is 0 Å². The SMILES string of the molecule is CCc1ccc2nc(-c3cc(O)cc(O)c3)[nH]c2c1. The van der Waals surface area contributed by atoms with Crippen molar-refractivity contribution in [1.29, 1.82) is 0 Å². The molecule has 3 N–H and O–H groups in total. The highest BCUT2D eigenvalue weighted by Gasteiger charge is 2.08. The minimum Gasteiger partial charge on any atom is -0.508 e. The molecule has 96 valence electrons. The molecule has 0 amide bonds. The van der Waals surface area contributed by atoms with Gasteiger partial charge in [0.15, 0.2) is 0 Å². The Morgan fingerprint density at radius 1 is 1.05 bits per heavy atom. The summed E-state index contributed by atoms with van der Waals surface area (Å²) < 4.78 is 0. The highest BCUT2D eigenvalue weighted by atomic mass is 16.3. The van der Waals surface area contributed by atoms with Gasteiger partial charge in [-0.3, -0.25) is 0 Å². The number of phenolic OH excluding ortho intramolecular Hbond substituents is 2. The molecule has 1 aromatic heterocycles. The van der Waals surface area contributed by atoms with Gasteiger partial charge in [-0.15, -0.1) is 0 Å². The molecule has 4 nitrogen and oxygen atoms in total. The molecular weight excluding hydrogens is 240 g/mol. The third kappa shape index (κ3) is 2.12. The first kappa shape index (κ1) is 11.6. The molecule has 0 saturated carbocycles. The summed E-state index contributed by atoms with van der Waals surface area (Å²) in [7, 11) is 0. The summed E-state index contributed by atoms with van der Waals surface area (Å²) in [5, 5.41) is 19.0. The van der Waals surface area contributed by atoms with Crippen molar-refractivity contribution in [2.24, 2.45) is 0 Å². The molecule has 0 fully saturated rings. The average molecular weight is 254 g/mol. The molecule has 0 saturated heterocycles. The van der Waals surface area contributed by atoms with Crippen LogP contribution in [0.3, 0.4) is 0 Å². The van der Waals surface area contributed by atoms with Crippen LogP contribution in [-0.2, 0) is 6.42 Å². The lowest BCUT2D eigenvalue weighted by molar-refractivity contribution is 0.451. The number of aryl methyl sites for hydroxylation is 1. The van der Waals surface area contributed by atoms with Crippen molar-refractivity contribution in [3.8, 4) is 22.9 Å². The molecule has 4 heteroatoms. The molecule has 0 unspecified atom stereocenters. The molecular formula is C15H14N2O2. The summed E-state index contributed by atoms with van der Waals surface area (Å²) >= 11 is 0. The normalized spacial score (nSPS) is 11.0. The van der Waals surface area contributed by atoms with Gasteiger partial charge in [-0.1, -0.05) is 13.0 Å². The number of rotatable bonds is 2. The summed E-state index contributed by atoms with van der Waals surface area (Å²) in [5.74, 6) is 0.670. The van der Waals surface area contributed by atoms with Crippen LogP contribution < -0.4 is 0 Å². The number of imidazole rings is 1. The van der Waals surface area contributed by atoms with Crippen molar-refractivity contribution in [3.63, 3.8) is 0 Å². The van der Waals surface area contributed by atoms with E-state index in [9.17, 15) is 10.2 Å². The van der Waals surface area contributed by atoms with E-state index in [-0.39, 0.29) is 11.5 Å². The Bertz CT molecular complexity index is 727. The van der Waals surface area contributed by atoms with Crippen molar-refractivity contribution >= 4 is 11.0 Å². The van der Waals surface area contributed by atoms with Gasteiger partial charge in [-0.2, -0.15) is 0 Å². The zero-order valence-electron chi connectivity index (χ0n) is 10.5. The summed E-state index contributed by atoms with van der Waals surface area (Å²) in [6, 6.07) is 10.5. The predicted octanol–water partition coefficient (Wildman–Crippen LogP) is 3.20. The fraction of sp³-hybridized carbons (Fsp3) is 0.133. The molecule has 0 spiro atoms. The largest absolute Gasteiger partial charge is 0.508 e. The van der Waals surface area contributed by atoms with E-state index >= 15 is 0 Å². The van der Waals surface area contributed by atoms with Gasteiger partial charge in [-0.05, 0) is 36.2 Å². The van der Waals surface area contributed by atoms with Crippen LogP contribution in [0.4, 0.5) is 0 Å².